The Labute approximate surface area is 124 Å². The molecular weight excluding hydrogens is 305 g/mol. The number of halogens is 3. The van der Waals surface area contributed by atoms with Crippen LogP contribution in [0.2, 0.25) is 0 Å². The Morgan fingerprint density at radius 2 is 2.00 bits per heavy atom. The van der Waals surface area contributed by atoms with Crippen LogP contribution in [0, 0.1) is 17.3 Å². The lowest BCUT2D eigenvalue weighted by atomic mass is 9.70. The Balaban J connectivity index is 2.64. The van der Waals surface area contributed by atoms with Crippen LogP contribution in [0.4, 0.5) is 13.2 Å². The highest BCUT2D eigenvalue weighted by Crippen LogP contribution is 2.53. The molecule has 1 fully saturated rings. The van der Waals surface area contributed by atoms with Gasteiger partial charge in [0.2, 0.25) is 0 Å². The first-order chi connectivity index (χ1) is 9.47. The van der Waals surface area contributed by atoms with E-state index in [0.717, 1.165) is 6.08 Å². The maximum atomic E-state index is 13.4. The van der Waals surface area contributed by atoms with Crippen LogP contribution in [0.5, 0.6) is 0 Å². The third-order valence-corrected chi connectivity index (χ3v) is 5.60. The summed E-state index contributed by atoms with van der Waals surface area (Å²) in [7, 11) is 0. The van der Waals surface area contributed by atoms with Crippen LogP contribution in [0.15, 0.2) is 22.1 Å². The van der Waals surface area contributed by atoms with E-state index in [1.54, 1.807) is 20.8 Å². The molecule has 2 atom stereocenters. The van der Waals surface area contributed by atoms with Crippen molar-refractivity contribution in [3.05, 3.63) is 22.1 Å². The van der Waals surface area contributed by atoms with Crippen LogP contribution < -0.4 is 0 Å². The van der Waals surface area contributed by atoms with Crippen molar-refractivity contribution in [2.24, 2.45) is 17.3 Å². The van der Waals surface area contributed by atoms with Crippen molar-refractivity contribution < 1.29 is 27.9 Å². The van der Waals surface area contributed by atoms with E-state index in [0.29, 0.717) is 16.2 Å². The number of carbonyl (C=O) groups excluding carboxylic acids is 1. The third kappa shape index (κ3) is 2.63. The Bertz CT molecular complexity index is 573. The highest BCUT2D eigenvalue weighted by Gasteiger charge is 2.57. The predicted octanol–water partition coefficient (Wildman–Crippen LogP) is 3.42. The van der Waals surface area contributed by atoms with E-state index in [4.69, 9.17) is 5.11 Å². The van der Waals surface area contributed by atoms with E-state index in [1.165, 1.54) is 11.8 Å². The molecule has 3 nitrogen and oxygen atoms in total. The second kappa shape index (κ2) is 4.90. The molecule has 0 bridgehead atoms. The zero-order chi connectivity index (χ0) is 16.2. The Morgan fingerprint density at radius 1 is 1.43 bits per heavy atom. The molecule has 21 heavy (non-hydrogen) atoms. The molecule has 0 amide bonds. The molecule has 2 rings (SSSR count). The minimum atomic E-state index is -4.77. The van der Waals surface area contributed by atoms with Gasteiger partial charge in [0.1, 0.15) is 11.7 Å². The fourth-order valence-corrected chi connectivity index (χ4v) is 4.12. The topological polar surface area (TPSA) is 54.4 Å². The van der Waals surface area contributed by atoms with Crippen molar-refractivity contribution in [3.63, 3.8) is 0 Å². The van der Waals surface area contributed by atoms with E-state index in [2.05, 4.69) is 0 Å². The van der Waals surface area contributed by atoms with Gasteiger partial charge in [0.25, 0.3) is 0 Å². The van der Waals surface area contributed by atoms with Crippen molar-refractivity contribution in [3.8, 4) is 0 Å². The summed E-state index contributed by atoms with van der Waals surface area (Å²) >= 11 is 1.22. The van der Waals surface area contributed by atoms with Gasteiger partial charge in [0, 0.05) is 11.2 Å². The summed E-state index contributed by atoms with van der Waals surface area (Å²) in [5, 5.41) is 9.09. The molecular formula is C14H15F3O3S. The lowest BCUT2D eigenvalue weighted by molar-refractivity contribution is -0.182. The number of hydrogen-bond acceptors (Lipinski definition) is 3. The molecule has 2 unspecified atom stereocenters. The molecule has 116 valence electrons. The molecule has 0 spiro atoms. The fraction of sp³-hybridized carbons (Fsp3) is 0.571. The van der Waals surface area contributed by atoms with Gasteiger partial charge in [-0.1, -0.05) is 13.8 Å². The van der Waals surface area contributed by atoms with Crippen LogP contribution in [0.3, 0.4) is 0 Å². The highest BCUT2D eigenvalue weighted by atomic mass is 32.2. The quantitative estimate of drug-likeness (QED) is 0.804. The summed E-state index contributed by atoms with van der Waals surface area (Å²) in [5.41, 5.74) is -1.21. The van der Waals surface area contributed by atoms with Gasteiger partial charge < -0.3 is 5.11 Å². The Kier molecular flexibility index (Phi) is 3.76. The normalized spacial score (nSPS) is 29.0. The van der Waals surface area contributed by atoms with Crippen LogP contribution in [-0.2, 0) is 9.59 Å². The molecule has 1 aliphatic carbocycles. The largest absolute Gasteiger partial charge is 0.478 e. The summed E-state index contributed by atoms with van der Waals surface area (Å²) in [6.45, 7) is 4.75. The smallest absolute Gasteiger partial charge is 0.397 e. The van der Waals surface area contributed by atoms with Crippen LogP contribution in [0.1, 0.15) is 20.8 Å². The first-order valence-corrected chi connectivity index (χ1v) is 7.35. The van der Waals surface area contributed by atoms with Crippen molar-refractivity contribution in [1.29, 1.82) is 0 Å². The summed E-state index contributed by atoms with van der Waals surface area (Å²) < 4.78 is 40.2. The summed E-state index contributed by atoms with van der Waals surface area (Å²) in [4.78, 5) is 24.0. The Morgan fingerprint density at radius 3 is 2.48 bits per heavy atom. The molecule has 0 radical (unpaired) electrons. The lowest BCUT2D eigenvalue weighted by Gasteiger charge is -2.42. The SMILES string of the molecule is CC1=C2SCC(C)(C)C(=O)C2C(C(F)(F)F)C(C(=O)O)=C1. The minimum Gasteiger partial charge on any atom is -0.478 e. The van der Waals surface area contributed by atoms with Crippen LogP contribution in [0.25, 0.3) is 0 Å². The molecule has 1 saturated heterocycles. The number of alkyl halides is 3. The molecule has 0 saturated carbocycles. The van der Waals surface area contributed by atoms with Crippen molar-refractivity contribution >= 4 is 23.5 Å². The minimum absolute atomic E-state index is 0.353. The van der Waals surface area contributed by atoms with Crippen molar-refractivity contribution in [2.45, 2.75) is 26.9 Å². The highest BCUT2D eigenvalue weighted by molar-refractivity contribution is 8.03. The van der Waals surface area contributed by atoms with Gasteiger partial charge in [-0.15, -0.1) is 11.8 Å². The number of ketones is 1. The molecule has 1 heterocycles. The van der Waals surface area contributed by atoms with Gasteiger partial charge >= 0.3 is 12.1 Å². The molecule has 0 aromatic carbocycles. The summed E-state index contributed by atoms with van der Waals surface area (Å²) in [6, 6.07) is 0. The summed E-state index contributed by atoms with van der Waals surface area (Å²) in [6.07, 6.45) is -3.73. The van der Waals surface area contributed by atoms with Gasteiger partial charge in [-0.3, -0.25) is 4.79 Å². The molecule has 0 aromatic rings. The average molecular weight is 320 g/mol. The fourth-order valence-electron chi connectivity index (χ4n) is 2.75. The molecule has 7 heteroatoms. The van der Waals surface area contributed by atoms with Crippen molar-refractivity contribution in [1.82, 2.24) is 0 Å². The third-order valence-electron chi connectivity index (χ3n) is 3.85. The lowest BCUT2D eigenvalue weighted by Crippen LogP contribution is -2.48. The number of carboxylic acids is 1. The summed E-state index contributed by atoms with van der Waals surface area (Å²) in [5.74, 6) is -5.47. The van der Waals surface area contributed by atoms with E-state index in [1.807, 2.05) is 0 Å². The number of allylic oxidation sites excluding steroid dienone is 3. The number of rotatable bonds is 1. The van der Waals surface area contributed by atoms with Gasteiger partial charge in [-0.05, 0) is 23.5 Å². The van der Waals surface area contributed by atoms with E-state index in [9.17, 15) is 22.8 Å². The number of aliphatic carboxylic acids is 1. The standard InChI is InChI=1S/C14H15F3O3S/c1-6-4-7(12(19)20)9(14(15,16)17)8-10(6)21-5-13(2,3)11(8)18/h4,8-9H,5H2,1-3H3,(H,19,20). The zero-order valence-corrected chi connectivity index (χ0v) is 12.6. The van der Waals surface area contributed by atoms with Gasteiger partial charge in [-0.2, -0.15) is 13.2 Å². The average Bonchev–Trinajstić information content (AvgIpc) is 2.32. The van der Waals surface area contributed by atoms with Crippen LogP contribution >= 0.6 is 11.8 Å². The first-order valence-electron chi connectivity index (χ1n) is 6.36. The van der Waals surface area contributed by atoms with E-state index < -0.39 is 40.8 Å². The maximum absolute atomic E-state index is 13.4. The van der Waals surface area contributed by atoms with E-state index in [-0.39, 0.29) is 0 Å². The monoisotopic (exact) mass is 320 g/mol. The van der Waals surface area contributed by atoms with Gasteiger partial charge in [0.05, 0.1) is 11.5 Å². The van der Waals surface area contributed by atoms with Gasteiger partial charge in [0.15, 0.2) is 0 Å². The maximum Gasteiger partial charge on any atom is 0.397 e. The Hall–Kier alpha value is -1.24. The second-order valence-corrected chi connectivity index (χ2v) is 7.00. The van der Waals surface area contributed by atoms with Crippen LogP contribution in [-0.4, -0.2) is 28.8 Å². The van der Waals surface area contributed by atoms with Crippen molar-refractivity contribution in [2.75, 3.05) is 5.75 Å². The molecule has 0 aromatic heterocycles. The number of hydrogen-bond donors (Lipinski definition) is 1. The molecule has 1 aliphatic heterocycles. The second-order valence-electron chi connectivity index (χ2n) is 5.99. The zero-order valence-electron chi connectivity index (χ0n) is 11.7. The predicted molar refractivity (Wildman–Crippen MR) is 72.7 cm³/mol. The van der Waals surface area contributed by atoms with Gasteiger partial charge in [-0.25, -0.2) is 4.79 Å². The number of Topliss-reactive ketones (excluding diaryl/α,β-unsaturated/α-hetero) is 1. The number of fused-ring (bicyclic) bond motifs is 1. The van der Waals surface area contributed by atoms with E-state index >= 15 is 0 Å². The number of carboxylic acid groups (broad SMARTS) is 1. The number of carbonyl (C=O) groups is 2. The molecule has 1 N–H and O–H groups in total. The first kappa shape index (κ1) is 16.1. The number of thioether (sulfide) groups is 1. The molecule has 2 aliphatic rings.